The third kappa shape index (κ3) is 5.63. The molecule has 0 fully saturated rings. The van der Waals surface area contributed by atoms with E-state index in [9.17, 15) is 0 Å². The maximum absolute atomic E-state index is 5.34. The molecule has 0 aliphatic heterocycles. The molecule has 0 radical (unpaired) electrons. The molecule has 0 unspecified atom stereocenters. The lowest BCUT2D eigenvalue weighted by molar-refractivity contribution is 1.23. The maximum atomic E-state index is 5.34. The molecule has 0 aliphatic rings. The minimum Gasteiger partial charge on any atom is -0.247 e. The number of pyridine rings is 1. The Hall–Kier alpha value is -8.01. The summed E-state index contributed by atoms with van der Waals surface area (Å²) in [6.45, 7) is 0. The Morgan fingerprint density at radius 2 is 0.800 bits per heavy atom. The number of nitrogens with zero attached hydrogens (tertiary/aromatic N) is 3. The van der Waals surface area contributed by atoms with Gasteiger partial charge in [0.05, 0.1) is 22.4 Å². The predicted molar refractivity (Wildman–Crippen MR) is 252 cm³/mol. The molecule has 0 amide bonds. The molecule has 12 rings (SSSR count). The van der Waals surface area contributed by atoms with E-state index >= 15 is 0 Å². The van der Waals surface area contributed by atoms with E-state index in [-0.39, 0.29) is 0 Å². The van der Waals surface area contributed by atoms with Crippen molar-refractivity contribution in [3.05, 3.63) is 212 Å². The zero-order chi connectivity index (χ0) is 39.6. The van der Waals surface area contributed by atoms with Gasteiger partial charge >= 0.3 is 0 Å². The van der Waals surface area contributed by atoms with E-state index in [1.807, 2.05) is 6.07 Å². The number of fused-ring (bicyclic) bond motifs is 8. The molecule has 0 atom stereocenters. The Bertz CT molecular complexity index is 3640. The Morgan fingerprint density at radius 3 is 1.57 bits per heavy atom. The van der Waals surface area contributed by atoms with Crippen molar-refractivity contribution in [3.63, 3.8) is 0 Å². The summed E-state index contributed by atoms with van der Waals surface area (Å²) < 4.78 is 0. The van der Waals surface area contributed by atoms with Gasteiger partial charge in [-0.2, -0.15) is 0 Å². The van der Waals surface area contributed by atoms with Crippen molar-refractivity contribution in [1.82, 2.24) is 15.0 Å². The van der Waals surface area contributed by atoms with Gasteiger partial charge in [-0.05, 0) is 78.8 Å². The summed E-state index contributed by atoms with van der Waals surface area (Å²) >= 11 is 0. The normalized spacial score (nSPS) is 11.7. The zero-order valence-corrected chi connectivity index (χ0v) is 32.5. The smallest absolute Gasteiger partial charge is 0.160 e. The molecular formula is C57H35N3. The Balaban J connectivity index is 0.945. The van der Waals surface area contributed by atoms with Crippen molar-refractivity contribution < 1.29 is 0 Å². The molecule has 278 valence electrons. The SMILES string of the molecule is c1ccc2cc(-c3nc4ccccc4c4c3cc(-c3ccc(-c5ccc(-c6nc(-c7cccc8ccccc78)c7ccccc7n6)cc5)cc3)c3ccccc34)ccc2c1. The third-order valence-electron chi connectivity index (χ3n) is 12.0. The van der Waals surface area contributed by atoms with Crippen molar-refractivity contribution in [2.45, 2.75) is 0 Å². The monoisotopic (exact) mass is 761 g/mol. The average Bonchev–Trinajstić information content (AvgIpc) is 3.33. The third-order valence-corrected chi connectivity index (χ3v) is 12.0. The molecule has 2 heterocycles. The Labute approximate surface area is 346 Å². The molecule has 10 aromatic carbocycles. The molecular weight excluding hydrogens is 727 g/mol. The van der Waals surface area contributed by atoms with Crippen LogP contribution in [0, 0.1) is 0 Å². The number of aromatic nitrogens is 3. The van der Waals surface area contributed by atoms with Gasteiger partial charge in [-0.25, -0.2) is 15.0 Å². The van der Waals surface area contributed by atoms with Gasteiger partial charge < -0.3 is 0 Å². The second kappa shape index (κ2) is 13.8. The Kier molecular flexibility index (Phi) is 7.85. The molecule has 0 saturated carbocycles. The first kappa shape index (κ1) is 34.1. The molecule has 60 heavy (non-hydrogen) atoms. The first-order valence-electron chi connectivity index (χ1n) is 20.4. The van der Waals surface area contributed by atoms with Crippen molar-refractivity contribution in [1.29, 1.82) is 0 Å². The van der Waals surface area contributed by atoms with Crippen LogP contribution in [0.3, 0.4) is 0 Å². The summed E-state index contributed by atoms with van der Waals surface area (Å²) in [5.74, 6) is 0.715. The van der Waals surface area contributed by atoms with E-state index in [2.05, 4.69) is 206 Å². The van der Waals surface area contributed by atoms with Gasteiger partial charge in [-0.1, -0.05) is 188 Å². The first-order valence-corrected chi connectivity index (χ1v) is 20.4. The number of para-hydroxylation sites is 2. The summed E-state index contributed by atoms with van der Waals surface area (Å²) in [5.41, 5.74) is 11.7. The van der Waals surface area contributed by atoms with E-state index in [1.54, 1.807) is 0 Å². The highest BCUT2D eigenvalue weighted by atomic mass is 14.9. The van der Waals surface area contributed by atoms with Crippen LogP contribution in [0.4, 0.5) is 0 Å². The van der Waals surface area contributed by atoms with Crippen molar-refractivity contribution in [3.8, 4) is 56.2 Å². The quantitative estimate of drug-likeness (QED) is 0.164. The Morgan fingerprint density at radius 1 is 0.250 bits per heavy atom. The van der Waals surface area contributed by atoms with Crippen LogP contribution in [0.2, 0.25) is 0 Å². The van der Waals surface area contributed by atoms with E-state index in [4.69, 9.17) is 15.0 Å². The number of hydrogen-bond acceptors (Lipinski definition) is 3. The topological polar surface area (TPSA) is 38.7 Å². The number of rotatable bonds is 5. The summed E-state index contributed by atoms with van der Waals surface area (Å²) in [5, 5.41) is 11.8. The molecule has 0 saturated heterocycles. The van der Waals surface area contributed by atoms with E-state index in [1.165, 1.54) is 43.3 Å². The highest BCUT2D eigenvalue weighted by Gasteiger charge is 2.18. The molecule has 0 N–H and O–H groups in total. The highest BCUT2D eigenvalue weighted by molar-refractivity contribution is 6.25. The molecule has 3 heteroatoms. The highest BCUT2D eigenvalue weighted by Crippen LogP contribution is 2.42. The van der Waals surface area contributed by atoms with Gasteiger partial charge in [0.1, 0.15) is 0 Å². The fraction of sp³-hybridized carbons (Fsp3) is 0. The average molecular weight is 762 g/mol. The van der Waals surface area contributed by atoms with Crippen LogP contribution in [0.5, 0.6) is 0 Å². The summed E-state index contributed by atoms with van der Waals surface area (Å²) in [6.07, 6.45) is 0. The zero-order valence-electron chi connectivity index (χ0n) is 32.5. The van der Waals surface area contributed by atoms with E-state index < -0.39 is 0 Å². The molecule has 12 aromatic rings. The van der Waals surface area contributed by atoms with Gasteiger partial charge in [0.2, 0.25) is 0 Å². The molecule has 0 aliphatic carbocycles. The van der Waals surface area contributed by atoms with Crippen LogP contribution in [0.1, 0.15) is 0 Å². The fourth-order valence-corrected chi connectivity index (χ4v) is 9.11. The van der Waals surface area contributed by atoms with Crippen molar-refractivity contribution in [2.75, 3.05) is 0 Å². The van der Waals surface area contributed by atoms with Gasteiger partial charge in [0.25, 0.3) is 0 Å². The lowest BCUT2D eigenvalue weighted by atomic mass is 9.89. The van der Waals surface area contributed by atoms with Gasteiger partial charge in [0, 0.05) is 38.2 Å². The van der Waals surface area contributed by atoms with Crippen LogP contribution in [0.25, 0.3) is 121 Å². The minimum absolute atomic E-state index is 0.715. The standard InChI is InChI=1S/C57H35N3/c1-2-14-42-34-43(33-28-36(42)12-1)55-51-35-50(45-17-5-6-18-46(45)54(51)48-19-7-9-22-52(48)58-55)40-29-24-37(25-30-40)38-26-31-41(32-27-38)57-59-53-23-10-8-20-49(53)56(60-57)47-21-11-15-39-13-3-4-16-44(39)47/h1-35H. The second-order valence-corrected chi connectivity index (χ2v) is 15.5. The summed E-state index contributed by atoms with van der Waals surface area (Å²) in [4.78, 5) is 15.6. The molecule has 0 bridgehead atoms. The maximum Gasteiger partial charge on any atom is 0.160 e. The number of benzene rings is 10. The predicted octanol–water partition coefficient (Wildman–Crippen LogP) is 15.1. The van der Waals surface area contributed by atoms with Crippen LogP contribution in [0.15, 0.2) is 212 Å². The summed E-state index contributed by atoms with van der Waals surface area (Å²) in [7, 11) is 0. The number of hydrogen-bond donors (Lipinski definition) is 0. The second-order valence-electron chi connectivity index (χ2n) is 15.5. The van der Waals surface area contributed by atoms with Crippen molar-refractivity contribution in [2.24, 2.45) is 0 Å². The fourth-order valence-electron chi connectivity index (χ4n) is 9.11. The summed E-state index contributed by atoms with van der Waals surface area (Å²) in [6, 6.07) is 75.8. The van der Waals surface area contributed by atoms with Crippen molar-refractivity contribution >= 4 is 64.9 Å². The molecule has 2 aromatic heterocycles. The lowest BCUT2D eigenvalue weighted by Gasteiger charge is -2.16. The first-order chi connectivity index (χ1) is 29.7. The van der Waals surface area contributed by atoms with Gasteiger partial charge in [-0.3, -0.25) is 0 Å². The van der Waals surface area contributed by atoms with Crippen LogP contribution in [-0.4, -0.2) is 15.0 Å². The van der Waals surface area contributed by atoms with E-state index in [0.717, 1.165) is 72.0 Å². The van der Waals surface area contributed by atoms with Gasteiger partial charge in [0.15, 0.2) is 5.82 Å². The van der Waals surface area contributed by atoms with Crippen LogP contribution in [-0.2, 0) is 0 Å². The molecule has 3 nitrogen and oxygen atoms in total. The van der Waals surface area contributed by atoms with Crippen LogP contribution < -0.4 is 0 Å². The molecule has 0 spiro atoms. The largest absolute Gasteiger partial charge is 0.247 e. The lowest BCUT2D eigenvalue weighted by Crippen LogP contribution is -1.95. The van der Waals surface area contributed by atoms with Gasteiger partial charge in [-0.15, -0.1) is 0 Å². The van der Waals surface area contributed by atoms with E-state index in [0.29, 0.717) is 5.82 Å². The minimum atomic E-state index is 0.715. The van der Waals surface area contributed by atoms with Crippen LogP contribution >= 0.6 is 0 Å².